The van der Waals surface area contributed by atoms with Crippen molar-refractivity contribution in [1.29, 1.82) is 0 Å². The summed E-state index contributed by atoms with van der Waals surface area (Å²) in [6, 6.07) is 11.7. The van der Waals surface area contributed by atoms with E-state index < -0.39 is 0 Å². The third-order valence-corrected chi connectivity index (χ3v) is 4.16. The molecule has 0 atom stereocenters. The van der Waals surface area contributed by atoms with Crippen LogP contribution >= 0.6 is 12.2 Å². The Morgan fingerprint density at radius 3 is 2.78 bits per heavy atom. The largest absolute Gasteiger partial charge is 0.455 e. The molecule has 0 bridgehead atoms. The maximum atomic E-state index is 13.9. The maximum absolute atomic E-state index is 13.9. The number of aromatic nitrogens is 5. The number of hydrogen-bond acceptors (Lipinski definition) is 5. The molecule has 0 aliphatic rings. The zero-order valence-corrected chi connectivity index (χ0v) is 15.4. The number of nitrogens with one attached hydrogen (secondary N) is 1. The van der Waals surface area contributed by atoms with E-state index in [1.165, 1.54) is 17.0 Å². The Bertz CT molecular complexity index is 1200. The fraction of sp³-hybridized carbons (Fsp3) is 0.111. The minimum atomic E-state index is -0.348. The molecule has 0 saturated heterocycles. The van der Waals surface area contributed by atoms with Gasteiger partial charge < -0.3 is 4.42 Å². The first kappa shape index (κ1) is 17.1. The van der Waals surface area contributed by atoms with Crippen molar-refractivity contribution < 1.29 is 8.81 Å². The molecule has 0 saturated carbocycles. The van der Waals surface area contributed by atoms with Gasteiger partial charge in [0.15, 0.2) is 0 Å². The van der Waals surface area contributed by atoms with E-state index in [1.807, 2.05) is 19.9 Å². The van der Waals surface area contributed by atoms with Gasteiger partial charge in [-0.05, 0) is 56.4 Å². The number of rotatable bonds is 4. The summed E-state index contributed by atoms with van der Waals surface area (Å²) in [5, 5.41) is 15.6. The van der Waals surface area contributed by atoms with E-state index in [0.29, 0.717) is 27.8 Å². The molecule has 3 heterocycles. The molecule has 3 aromatic heterocycles. The van der Waals surface area contributed by atoms with Crippen molar-refractivity contribution in [1.82, 2.24) is 24.7 Å². The van der Waals surface area contributed by atoms with Gasteiger partial charge >= 0.3 is 0 Å². The molecular weight excluding hydrogens is 367 g/mol. The summed E-state index contributed by atoms with van der Waals surface area (Å²) in [5.41, 5.74) is 2.15. The van der Waals surface area contributed by atoms with Gasteiger partial charge in [-0.2, -0.15) is 14.9 Å². The number of aryl methyl sites for hydroxylation is 2. The van der Waals surface area contributed by atoms with Crippen LogP contribution in [0.5, 0.6) is 0 Å². The highest BCUT2D eigenvalue weighted by Crippen LogP contribution is 2.24. The second kappa shape index (κ2) is 6.76. The molecule has 0 unspecified atom stereocenters. The molecule has 4 rings (SSSR count). The fourth-order valence-electron chi connectivity index (χ4n) is 2.70. The predicted octanol–water partition coefficient (Wildman–Crippen LogP) is 4.02. The summed E-state index contributed by atoms with van der Waals surface area (Å²) in [7, 11) is 0. The van der Waals surface area contributed by atoms with Crippen LogP contribution in [0.1, 0.15) is 17.1 Å². The lowest BCUT2D eigenvalue weighted by atomic mass is 10.1. The maximum Gasteiger partial charge on any atom is 0.271 e. The summed E-state index contributed by atoms with van der Waals surface area (Å²) < 4.78 is 23.0. The monoisotopic (exact) mass is 382 g/mol. The molecule has 0 aliphatic carbocycles. The Morgan fingerprint density at radius 2 is 2.04 bits per heavy atom. The van der Waals surface area contributed by atoms with E-state index in [9.17, 15) is 4.39 Å². The fourth-order valence-corrected chi connectivity index (χ4v) is 2.87. The van der Waals surface area contributed by atoms with Crippen LogP contribution in [0.3, 0.4) is 0 Å². The number of halogens is 1. The number of benzene rings is 1. The third kappa shape index (κ3) is 3.24. The topological polar surface area (TPSA) is 76.9 Å². The van der Waals surface area contributed by atoms with Gasteiger partial charge in [-0.25, -0.2) is 14.2 Å². The van der Waals surface area contributed by atoms with Crippen LogP contribution in [0.25, 0.3) is 17.3 Å². The van der Waals surface area contributed by atoms with Crippen molar-refractivity contribution in [3.63, 3.8) is 0 Å². The third-order valence-electron chi connectivity index (χ3n) is 3.90. The van der Waals surface area contributed by atoms with Crippen molar-refractivity contribution in [2.45, 2.75) is 13.8 Å². The number of furan rings is 1. The Morgan fingerprint density at radius 1 is 1.22 bits per heavy atom. The van der Waals surface area contributed by atoms with Gasteiger partial charge in [0.2, 0.25) is 4.77 Å². The van der Waals surface area contributed by atoms with Gasteiger partial charge in [0.25, 0.3) is 5.95 Å². The Balaban J connectivity index is 1.67. The van der Waals surface area contributed by atoms with Crippen LogP contribution in [0.4, 0.5) is 4.39 Å². The lowest BCUT2D eigenvalue weighted by Crippen LogP contribution is -2.07. The molecule has 0 fully saturated rings. The molecule has 136 valence electrons. The number of hydrogen-bond donors (Lipinski definition) is 1. The molecule has 0 aliphatic heterocycles. The average molecular weight is 382 g/mol. The summed E-state index contributed by atoms with van der Waals surface area (Å²) in [6.45, 7) is 3.81. The second-order valence-electron chi connectivity index (χ2n) is 5.91. The summed E-state index contributed by atoms with van der Waals surface area (Å²) in [6.07, 6.45) is 1.49. The van der Waals surface area contributed by atoms with Crippen LogP contribution < -0.4 is 0 Å². The van der Waals surface area contributed by atoms with Crippen molar-refractivity contribution in [3.05, 3.63) is 70.2 Å². The first-order valence-corrected chi connectivity index (χ1v) is 8.54. The first-order valence-electron chi connectivity index (χ1n) is 8.13. The van der Waals surface area contributed by atoms with Gasteiger partial charge in [0.05, 0.1) is 17.5 Å². The Kier molecular flexibility index (Phi) is 4.28. The lowest BCUT2D eigenvalue weighted by Gasteiger charge is -2.02. The first-order chi connectivity index (χ1) is 13.0. The van der Waals surface area contributed by atoms with E-state index in [1.54, 1.807) is 35.0 Å². The highest BCUT2D eigenvalue weighted by Gasteiger charge is 2.12. The Labute approximate surface area is 158 Å². The average Bonchev–Trinajstić information content (AvgIpc) is 3.33. The van der Waals surface area contributed by atoms with Gasteiger partial charge in [0, 0.05) is 5.69 Å². The van der Waals surface area contributed by atoms with Crippen LogP contribution in [0.15, 0.2) is 52.0 Å². The predicted molar refractivity (Wildman–Crippen MR) is 101 cm³/mol. The van der Waals surface area contributed by atoms with Crippen LogP contribution in [-0.4, -0.2) is 30.9 Å². The SMILES string of the molecule is Cc1cc(C)n(-c2n[nH]c(=S)n2/N=C\c2ccc(-c3ccccc3F)o2)n1. The number of nitrogens with zero attached hydrogens (tertiary/aromatic N) is 5. The molecular formula is C18H15FN6OS. The Hall–Kier alpha value is -3.33. The van der Waals surface area contributed by atoms with Gasteiger partial charge in [-0.1, -0.05) is 12.1 Å². The molecule has 7 nitrogen and oxygen atoms in total. The minimum Gasteiger partial charge on any atom is -0.455 e. The zero-order valence-electron chi connectivity index (χ0n) is 14.5. The van der Waals surface area contributed by atoms with Gasteiger partial charge in [0.1, 0.15) is 17.3 Å². The van der Waals surface area contributed by atoms with Gasteiger partial charge in [-0.15, -0.1) is 5.10 Å². The number of aromatic amines is 1. The molecule has 0 radical (unpaired) electrons. The molecule has 1 aromatic carbocycles. The molecule has 4 aromatic rings. The van der Waals surface area contributed by atoms with E-state index in [0.717, 1.165) is 11.4 Å². The van der Waals surface area contributed by atoms with Crippen molar-refractivity contribution >= 4 is 18.4 Å². The molecule has 1 N–H and O–H groups in total. The zero-order chi connectivity index (χ0) is 19.0. The minimum absolute atomic E-state index is 0.315. The summed E-state index contributed by atoms with van der Waals surface area (Å²) >= 11 is 5.25. The molecule has 27 heavy (non-hydrogen) atoms. The normalized spacial score (nSPS) is 11.5. The van der Waals surface area contributed by atoms with Crippen molar-refractivity contribution in [2.24, 2.45) is 5.10 Å². The standard InChI is InChI=1S/C18H15FN6OS/c1-11-9-12(2)24(23-11)17-21-22-18(27)25(17)20-10-13-7-8-16(26-13)14-5-3-4-6-15(14)19/h3-10H,1-2H3,(H,22,27)/b20-10-. The van der Waals surface area contributed by atoms with E-state index >= 15 is 0 Å². The van der Waals surface area contributed by atoms with E-state index in [-0.39, 0.29) is 5.82 Å². The lowest BCUT2D eigenvalue weighted by molar-refractivity contribution is 0.562. The molecule has 0 amide bonds. The van der Waals surface area contributed by atoms with Crippen LogP contribution in [-0.2, 0) is 0 Å². The summed E-state index contributed by atoms with van der Waals surface area (Å²) in [4.78, 5) is 0. The van der Waals surface area contributed by atoms with Crippen molar-refractivity contribution in [3.8, 4) is 17.3 Å². The second-order valence-corrected chi connectivity index (χ2v) is 6.29. The smallest absolute Gasteiger partial charge is 0.271 e. The quantitative estimate of drug-likeness (QED) is 0.427. The van der Waals surface area contributed by atoms with Crippen molar-refractivity contribution in [2.75, 3.05) is 0 Å². The highest BCUT2D eigenvalue weighted by molar-refractivity contribution is 7.71. The van der Waals surface area contributed by atoms with Gasteiger partial charge in [-0.3, -0.25) is 0 Å². The van der Waals surface area contributed by atoms with Crippen LogP contribution in [0.2, 0.25) is 0 Å². The van der Waals surface area contributed by atoms with E-state index in [4.69, 9.17) is 16.6 Å². The van der Waals surface area contributed by atoms with Crippen LogP contribution in [0, 0.1) is 24.4 Å². The molecule has 9 heteroatoms. The highest BCUT2D eigenvalue weighted by atomic mass is 32.1. The molecule has 0 spiro atoms. The summed E-state index contributed by atoms with van der Waals surface area (Å²) in [5.74, 6) is 0.960. The van der Waals surface area contributed by atoms with E-state index in [2.05, 4.69) is 20.4 Å². The number of H-pyrrole nitrogens is 1.